The van der Waals surface area contributed by atoms with Gasteiger partial charge < -0.3 is 9.64 Å². The molecule has 0 spiro atoms. The zero-order chi connectivity index (χ0) is 13.5. The van der Waals surface area contributed by atoms with Gasteiger partial charge >= 0.3 is 5.97 Å². The first-order valence-corrected chi connectivity index (χ1v) is 6.10. The summed E-state index contributed by atoms with van der Waals surface area (Å²) >= 11 is 5.96. The van der Waals surface area contributed by atoms with Gasteiger partial charge in [-0.1, -0.05) is 11.6 Å². The molecule has 0 N–H and O–H groups in total. The standard InChI is InChI=1S/C13H15ClN2O2/c1-3-16(9-13(17)18-4-2)11-6-5-10(8-15)12(14)7-11/h5-7H,3-4,9H2,1-2H3. The molecule has 0 amide bonds. The maximum Gasteiger partial charge on any atom is 0.325 e. The number of carbonyl (C=O) groups excluding carboxylic acids is 1. The van der Waals surface area contributed by atoms with Crippen molar-refractivity contribution in [1.29, 1.82) is 5.26 Å². The molecule has 0 unspecified atom stereocenters. The highest BCUT2D eigenvalue weighted by Crippen LogP contribution is 2.23. The number of likely N-dealkylation sites (N-methyl/N-ethyl adjacent to an activating group) is 1. The zero-order valence-corrected chi connectivity index (χ0v) is 11.2. The lowest BCUT2D eigenvalue weighted by Crippen LogP contribution is -2.30. The highest BCUT2D eigenvalue weighted by Gasteiger charge is 2.12. The summed E-state index contributed by atoms with van der Waals surface area (Å²) in [6.45, 7) is 4.90. The van der Waals surface area contributed by atoms with E-state index in [2.05, 4.69) is 0 Å². The number of nitriles is 1. The first-order chi connectivity index (χ1) is 8.62. The Morgan fingerprint density at radius 1 is 1.50 bits per heavy atom. The Hall–Kier alpha value is -1.73. The lowest BCUT2D eigenvalue weighted by molar-refractivity contribution is -0.141. The first-order valence-electron chi connectivity index (χ1n) is 5.72. The molecule has 0 saturated heterocycles. The molecular formula is C13H15ClN2O2. The van der Waals surface area contributed by atoms with E-state index in [1.807, 2.05) is 17.9 Å². The Bertz CT molecular complexity index is 469. The smallest absolute Gasteiger partial charge is 0.325 e. The Balaban J connectivity index is 2.86. The van der Waals surface area contributed by atoms with E-state index in [9.17, 15) is 4.79 Å². The van der Waals surface area contributed by atoms with E-state index < -0.39 is 0 Å². The molecule has 4 nitrogen and oxygen atoms in total. The Morgan fingerprint density at radius 2 is 2.22 bits per heavy atom. The van der Waals surface area contributed by atoms with Gasteiger partial charge in [-0.25, -0.2) is 0 Å². The highest BCUT2D eigenvalue weighted by molar-refractivity contribution is 6.32. The molecule has 0 aliphatic heterocycles. The average Bonchev–Trinajstić information content (AvgIpc) is 2.36. The lowest BCUT2D eigenvalue weighted by Gasteiger charge is -2.22. The van der Waals surface area contributed by atoms with Crippen LogP contribution < -0.4 is 4.90 Å². The van der Waals surface area contributed by atoms with E-state index in [4.69, 9.17) is 21.6 Å². The summed E-state index contributed by atoms with van der Waals surface area (Å²) in [6.07, 6.45) is 0. The Morgan fingerprint density at radius 3 is 2.72 bits per heavy atom. The van der Waals surface area contributed by atoms with Crippen molar-refractivity contribution in [3.05, 3.63) is 28.8 Å². The first kappa shape index (κ1) is 14.3. The van der Waals surface area contributed by atoms with E-state index >= 15 is 0 Å². The summed E-state index contributed by atoms with van der Waals surface area (Å²) in [5.74, 6) is -0.278. The molecule has 0 radical (unpaired) electrons. The summed E-state index contributed by atoms with van der Waals surface area (Å²) in [4.78, 5) is 13.3. The minimum absolute atomic E-state index is 0.173. The number of esters is 1. The molecular weight excluding hydrogens is 252 g/mol. The predicted molar refractivity (Wildman–Crippen MR) is 70.7 cm³/mol. The fraction of sp³-hybridized carbons (Fsp3) is 0.385. The molecule has 18 heavy (non-hydrogen) atoms. The summed E-state index contributed by atoms with van der Waals surface area (Å²) in [5, 5.41) is 9.18. The maximum atomic E-state index is 11.4. The van der Waals surface area contributed by atoms with Gasteiger partial charge in [0.15, 0.2) is 0 Å². The molecule has 0 saturated carbocycles. The second kappa shape index (κ2) is 6.87. The molecule has 1 aromatic rings. The van der Waals surface area contributed by atoms with Gasteiger partial charge in [-0.2, -0.15) is 5.26 Å². The van der Waals surface area contributed by atoms with Crippen LogP contribution >= 0.6 is 11.6 Å². The fourth-order valence-electron chi connectivity index (χ4n) is 1.54. The van der Waals surface area contributed by atoms with Crippen molar-refractivity contribution in [1.82, 2.24) is 0 Å². The summed E-state index contributed by atoms with van der Waals surface area (Å²) in [7, 11) is 0. The second-order valence-corrected chi connectivity index (χ2v) is 4.00. The molecule has 0 aliphatic carbocycles. The Labute approximate surface area is 112 Å². The van der Waals surface area contributed by atoms with E-state index in [0.29, 0.717) is 23.7 Å². The number of hydrogen-bond acceptors (Lipinski definition) is 4. The van der Waals surface area contributed by atoms with Gasteiger partial charge in [0.05, 0.1) is 17.2 Å². The Kier molecular flexibility index (Phi) is 5.47. The zero-order valence-electron chi connectivity index (χ0n) is 10.4. The molecule has 0 atom stereocenters. The van der Waals surface area contributed by atoms with Crippen LogP contribution in [0.4, 0.5) is 5.69 Å². The number of ether oxygens (including phenoxy) is 1. The van der Waals surface area contributed by atoms with Gasteiger partial charge in [-0.05, 0) is 32.0 Å². The van der Waals surface area contributed by atoms with Gasteiger partial charge in [0.2, 0.25) is 0 Å². The van der Waals surface area contributed by atoms with Crippen LogP contribution in [0.2, 0.25) is 5.02 Å². The van der Waals surface area contributed by atoms with Crippen LogP contribution in [0.5, 0.6) is 0 Å². The molecule has 5 heteroatoms. The van der Waals surface area contributed by atoms with Crippen LogP contribution in [-0.2, 0) is 9.53 Å². The van der Waals surface area contributed by atoms with Crippen LogP contribution in [0, 0.1) is 11.3 Å². The number of benzene rings is 1. The van der Waals surface area contributed by atoms with Crippen molar-refractivity contribution in [2.45, 2.75) is 13.8 Å². The van der Waals surface area contributed by atoms with E-state index in [1.54, 1.807) is 25.1 Å². The maximum absolute atomic E-state index is 11.4. The van der Waals surface area contributed by atoms with Gasteiger partial charge in [-0.15, -0.1) is 0 Å². The normalized spacial score (nSPS) is 9.67. The monoisotopic (exact) mass is 266 g/mol. The van der Waals surface area contributed by atoms with Crippen molar-refractivity contribution in [3.63, 3.8) is 0 Å². The summed E-state index contributed by atoms with van der Waals surface area (Å²) < 4.78 is 4.90. The molecule has 0 aromatic heterocycles. The van der Waals surface area contributed by atoms with Crippen molar-refractivity contribution >= 4 is 23.3 Å². The molecule has 1 rings (SSSR count). The third kappa shape index (κ3) is 3.64. The van der Waals surface area contributed by atoms with Crippen LogP contribution in [0.1, 0.15) is 19.4 Å². The quantitative estimate of drug-likeness (QED) is 0.769. The molecule has 0 bridgehead atoms. The third-order valence-corrected chi connectivity index (χ3v) is 2.76. The third-order valence-electron chi connectivity index (χ3n) is 2.45. The van der Waals surface area contributed by atoms with Crippen molar-refractivity contribution in [2.75, 3.05) is 24.6 Å². The van der Waals surface area contributed by atoms with Gasteiger partial charge in [0.1, 0.15) is 12.6 Å². The second-order valence-electron chi connectivity index (χ2n) is 3.60. The molecule has 0 heterocycles. The molecule has 96 valence electrons. The topological polar surface area (TPSA) is 53.3 Å². The number of halogens is 1. The lowest BCUT2D eigenvalue weighted by atomic mass is 10.2. The van der Waals surface area contributed by atoms with Crippen LogP contribution in [-0.4, -0.2) is 25.7 Å². The summed E-state index contributed by atoms with van der Waals surface area (Å²) in [5.41, 5.74) is 1.22. The van der Waals surface area contributed by atoms with Gasteiger partial charge in [0.25, 0.3) is 0 Å². The summed E-state index contributed by atoms with van der Waals surface area (Å²) in [6, 6.07) is 7.10. The van der Waals surface area contributed by atoms with Crippen molar-refractivity contribution in [2.24, 2.45) is 0 Å². The van der Waals surface area contributed by atoms with Crippen molar-refractivity contribution < 1.29 is 9.53 Å². The van der Waals surface area contributed by atoms with E-state index in [-0.39, 0.29) is 12.5 Å². The van der Waals surface area contributed by atoms with Gasteiger partial charge in [-0.3, -0.25) is 4.79 Å². The van der Waals surface area contributed by atoms with E-state index in [1.165, 1.54) is 0 Å². The highest BCUT2D eigenvalue weighted by atomic mass is 35.5. The molecule has 0 fully saturated rings. The van der Waals surface area contributed by atoms with E-state index in [0.717, 1.165) is 5.69 Å². The van der Waals surface area contributed by atoms with Gasteiger partial charge in [0, 0.05) is 12.2 Å². The molecule has 1 aromatic carbocycles. The SMILES string of the molecule is CCOC(=O)CN(CC)c1ccc(C#N)c(Cl)c1. The number of hydrogen-bond donors (Lipinski definition) is 0. The fourth-order valence-corrected chi connectivity index (χ4v) is 1.76. The molecule has 0 aliphatic rings. The van der Waals surface area contributed by atoms with Crippen LogP contribution in [0.25, 0.3) is 0 Å². The number of rotatable bonds is 5. The average molecular weight is 267 g/mol. The minimum atomic E-state index is -0.278. The van der Waals surface area contributed by atoms with Crippen LogP contribution in [0.3, 0.4) is 0 Å². The number of anilines is 1. The predicted octanol–water partition coefficient (Wildman–Crippen LogP) is 2.60. The number of carbonyl (C=O) groups is 1. The minimum Gasteiger partial charge on any atom is -0.465 e. The van der Waals surface area contributed by atoms with Crippen LogP contribution in [0.15, 0.2) is 18.2 Å². The number of nitrogens with zero attached hydrogens (tertiary/aromatic N) is 2. The van der Waals surface area contributed by atoms with Crippen molar-refractivity contribution in [3.8, 4) is 6.07 Å². The largest absolute Gasteiger partial charge is 0.465 e.